The molecule has 2 rings (SSSR count). The van der Waals surface area contributed by atoms with Gasteiger partial charge in [-0.05, 0) is 18.6 Å². The van der Waals surface area contributed by atoms with Crippen LogP contribution in [0.25, 0.3) is 0 Å². The lowest BCUT2D eigenvalue weighted by molar-refractivity contribution is -0.386. The third-order valence-corrected chi connectivity index (χ3v) is 4.23. The van der Waals surface area contributed by atoms with Crippen molar-refractivity contribution in [1.29, 1.82) is 0 Å². The average Bonchev–Trinajstić information content (AvgIpc) is 2.47. The van der Waals surface area contributed by atoms with E-state index in [0.29, 0.717) is 12.4 Å². The van der Waals surface area contributed by atoms with Crippen molar-refractivity contribution in [3.8, 4) is 11.5 Å². The van der Waals surface area contributed by atoms with Gasteiger partial charge in [0.2, 0.25) is 0 Å². The number of nitro groups is 1. The Labute approximate surface area is 131 Å². The highest BCUT2D eigenvalue weighted by Crippen LogP contribution is 2.38. The maximum Gasteiger partial charge on any atom is 0.314 e. The van der Waals surface area contributed by atoms with E-state index in [1.165, 1.54) is 13.2 Å². The van der Waals surface area contributed by atoms with E-state index in [9.17, 15) is 10.1 Å². The van der Waals surface area contributed by atoms with Crippen LogP contribution in [0.5, 0.6) is 11.5 Å². The van der Waals surface area contributed by atoms with Gasteiger partial charge in [-0.25, -0.2) is 0 Å². The number of hydrogen-bond donors (Lipinski definition) is 0. The summed E-state index contributed by atoms with van der Waals surface area (Å²) in [5, 5.41) is 11.1. The van der Waals surface area contributed by atoms with Crippen LogP contribution in [-0.4, -0.2) is 35.7 Å². The van der Waals surface area contributed by atoms with Crippen molar-refractivity contribution in [2.45, 2.75) is 36.8 Å². The minimum absolute atomic E-state index is 0.0772. The Bertz CT molecular complexity index is 510. The van der Waals surface area contributed by atoms with Gasteiger partial charge in [0.05, 0.1) is 18.1 Å². The van der Waals surface area contributed by atoms with Crippen LogP contribution in [0.3, 0.4) is 0 Å². The average molecular weight is 360 g/mol. The fraction of sp³-hybridized carbons (Fsp3) is 0.571. The monoisotopic (exact) mass is 359 g/mol. The quantitative estimate of drug-likeness (QED) is 0.424. The molecule has 0 aromatic heterocycles. The van der Waals surface area contributed by atoms with Gasteiger partial charge < -0.3 is 14.2 Å². The molecule has 1 fully saturated rings. The Balaban J connectivity index is 2.10. The number of ether oxygens (including phenoxy) is 3. The minimum Gasteiger partial charge on any atom is -0.496 e. The maximum absolute atomic E-state index is 11.1. The van der Waals surface area contributed by atoms with Gasteiger partial charge in [-0.3, -0.25) is 10.1 Å². The molecule has 0 radical (unpaired) electrons. The first-order valence-electron chi connectivity index (χ1n) is 6.81. The number of alkyl halides is 1. The lowest BCUT2D eigenvalue weighted by Gasteiger charge is -2.40. The number of nitro benzene ring substituents is 1. The summed E-state index contributed by atoms with van der Waals surface area (Å²) < 4.78 is 16.5. The lowest BCUT2D eigenvalue weighted by atomic mass is 9.91. The predicted octanol–water partition coefficient (Wildman–Crippen LogP) is 3.31. The summed E-state index contributed by atoms with van der Waals surface area (Å²) in [6.07, 6.45) is 1.43. The molecule has 0 amide bonds. The number of rotatable bonds is 7. The molecule has 0 aliphatic heterocycles. The maximum atomic E-state index is 11.1. The van der Waals surface area contributed by atoms with E-state index in [2.05, 4.69) is 15.9 Å². The van der Waals surface area contributed by atoms with Crippen LogP contribution in [0.15, 0.2) is 18.2 Å². The van der Waals surface area contributed by atoms with E-state index in [-0.39, 0.29) is 28.5 Å². The molecule has 1 aromatic carbocycles. The molecule has 1 aromatic rings. The van der Waals surface area contributed by atoms with Crippen molar-refractivity contribution in [2.24, 2.45) is 0 Å². The first-order valence-corrected chi connectivity index (χ1v) is 7.73. The first kappa shape index (κ1) is 16.0. The van der Waals surface area contributed by atoms with E-state index in [1.807, 2.05) is 6.92 Å². The Hall–Kier alpha value is -1.34. The van der Waals surface area contributed by atoms with Crippen molar-refractivity contribution in [2.75, 3.05) is 13.7 Å². The van der Waals surface area contributed by atoms with E-state index in [1.54, 1.807) is 12.1 Å². The molecule has 6 nitrogen and oxygen atoms in total. The van der Waals surface area contributed by atoms with Gasteiger partial charge >= 0.3 is 5.69 Å². The highest BCUT2D eigenvalue weighted by molar-refractivity contribution is 9.09. The standard InChI is InChI=1S/C14H18BrNO5/c1-3-6-20-14-10(15)8-13(14)21-12-5-4-9(19-2)7-11(12)16(17)18/h4-5,7,10,13-14H,3,6,8H2,1-2H3. The zero-order chi connectivity index (χ0) is 15.4. The van der Waals surface area contributed by atoms with Crippen molar-refractivity contribution in [3.63, 3.8) is 0 Å². The van der Waals surface area contributed by atoms with E-state index in [0.717, 1.165) is 12.8 Å². The summed E-state index contributed by atoms with van der Waals surface area (Å²) in [5.41, 5.74) is -0.0957. The lowest BCUT2D eigenvalue weighted by Crippen LogP contribution is -2.52. The zero-order valence-corrected chi connectivity index (χ0v) is 13.5. The molecule has 1 aliphatic carbocycles. The molecule has 3 atom stereocenters. The normalized spacial score (nSPS) is 24.2. The van der Waals surface area contributed by atoms with Gasteiger partial charge in [-0.1, -0.05) is 22.9 Å². The smallest absolute Gasteiger partial charge is 0.314 e. The van der Waals surface area contributed by atoms with Crippen molar-refractivity contribution >= 4 is 21.6 Å². The van der Waals surface area contributed by atoms with Crippen LogP contribution in [0.2, 0.25) is 0 Å². The Morgan fingerprint density at radius 3 is 2.81 bits per heavy atom. The molecule has 0 bridgehead atoms. The second kappa shape index (κ2) is 7.09. The predicted molar refractivity (Wildman–Crippen MR) is 81.4 cm³/mol. The molecule has 116 valence electrons. The van der Waals surface area contributed by atoms with Gasteiger partial charge in [0, 0.05) is 17.9 Å². The molecule has 21 heavy (non-hydrogen) atoms. The van der Waals surface area contributed by atoms with Gasteiger partial charge in [0.25, 0.3) is 0 Å². The summed E-state index contributed by atoms with van der Waals surface area (Å²) in [4.78, 5) is 10.9. The first-order chi connectivity index (χ1) is 10.1. The van der Waals surface area contributed by atoms with E-state index in [4.69, 9.17) is 14.2 Å². The Kier molecular flexibility index (Phi) is 5.41. The number of halogens is 1. The van der Waals surface area contributed by atoms with Crippen LogP contribution >= 0.6 is 15.9 Å². The van der Waals surface area contributed by atoms with Gasteiger partial charge in [0.15, 0.2) is 5.75 Å². The van der Waals surface area contributed by atoms with Crippen LogP contribution in [-0.2, 0) is 4.74 Å². The molecule has 7 heteroatoms. The molecule has 1 aliphatic rings. The van der Waals surface area contributed by atoms with Crippen molar-refractivity contribution in [3.05, 3.63) is 28.3 Å². The van der Waals surface area contributed by atoms with Gasteiger partial charge in [-0.2, -0.15) is 0 Å². The van der Waals surface area contributed by atoms with Gasteiger partial charge in [-0.15, -0.1) is 0 Å². The Morgan fingerprint density at radius 1 is 1.48 bits per heavy atom. The number of hydrogen-bond acceptors (Lipinski definition) is 5. The van der Waals surface area contributed by atoms with Crippen LogP contribution in [0, 0.1) is 10.1 Å². The molecular weight excluding hydrogens is 342 g/mol. The van der Waals surface area contributed by atoms with Crippen LogP contribution in [0.4, 0.5) is 5.69 Å². The number of methoxy groups -OCH3 is 1. The molecule has 0 saturated heterocycles. The van der Waals surface area contributed by atoms with E-state index >= 15 is 0 Å². The molecule has 0 spiro atoms. The van der Waals surface area contributed by atoms with E-state index < -0.39 is 4.92 Å². The van der Waals surface area contributed by atoms with Crippen LogP contribution in [0.1, 0.15) is 19.8 Å². The second-order valence-corrected chi connectivity index (χ2v) is 6.01. The second-order valence-electron chi connectivity index (χ2n) is 4.83. The Morgan fingerprint density at radius 2 is 2.24 bits per heavy atom. The fourth-order valence-electron chi connectivity index (χ4n) is 2.14. The SMILES string of the molecule is CCCOC1C(Br)CC1Oc1ccc(OC)cc1[N+](=O)[O-]. The summed E-state index contributed by atoms with van der Waals surface area (Å²) in [7, 11) is 1.47. The summed E-state index contributed by atoms with van der Waals surface area (Å²) >= 11 is 3.52. The highest BCUT2D eigenvalue weighted by Gasteiger charge is 2.43. The fourth-order valence-corrected chi connectivity index (χ4v) is 3.00. The van der Waals surface area contributed by atoms with Crippen molar-refractivity contribution < 1.29 is 19.1 Å². The molecule has 0 N–H and O–H groups in total. The molecule has 3 unspecified atom stereocenters. The number of nitrogens with zero attached hydrogens (tertiary/aromatic N) is 1. The molecule has 1 saturated carbocycles. The third kappa shape index (κ3) is 3.65. The van der Waals surface area contributed by atoms with Crippen molar-refractivity contribution in [1.82, 2.24) is 0 Å². The largest absolute Gasteiger partial charge is 0.496 e. The topological polar surface area (TPSA) is 70.8 Å². The van der Waals surface area contributed by atoms with Crippen LogP contribution < -0.4 is 9.47 Å². The minimum atomic E-state index is -0.468. The molecule has 0 heterocycles. The number of benzene rings is 1. The third-order valence-electron chi connectivity index (χ3n) is 3.34. The summed E-state index contributed by atoms with van der Waals surface area (Å²) in [6.45, 7) is 2.68. The summed E-state index contributed by atoms with van der Waals surface area (Å²) in [6, 6.07) is 4.57. The van der Waals surface area contributed by atoms with Gasteiger partial charge in [0.1, 0.15) is 18.0 Å². The summed E-state index contributed by atoms with van der Waals surface area (Å²) in [5.74, 6) is 0.676. The molecular formula is C14H18BrNO5. The highest BCUT2D eigenvalue weighted by atomic mass is 79.9. The zero-order valence-electron chi connectivity index (χ0n) is 12.0.